The summed E-state index contributed by atoms with van der Waals surface area (Å²) < 4.78 is 13.2. The second-order valence-corrected chi connectivity index (χ2v) is 9.35. The topological polar surface area (TPSA) is 77.6 Å². The highest BCUT2D eigenvalue weighted by molar-refractivity contribution is 5.93. The average molecular weight is 468 g/mol. The van der Waals surface area contributed by atoms with Crippen molar-refractivity contribution in [3.05, 3.63) is 60.2 Å². The molecule has 3 atom stereocenters. The van der Waals surface area contributed by atoms with Gasteiger partial charge in [-0.25, -0.2) is 4.39 Å². The van der Waals surface area contributed by atoms with E-state index in [2.05, 4.69) is 32.3 Å². The Labute approximate surface area is 200 Å². The van der Waals surface area contributed by atoms with E-state index in [1.807, 2.05) is 12.1 Å². The molecule has 2 saturated heterocycles. The molecule has 7 nitrogen and oxygen atoms in total. The predicted octanol–water partition coefficient (Wildman–Crippen LogP) is 2.90. The Hall–Kier alpha value is -2.84. The molecule has 0 saturated carbocycles. The third-order valence-electron chi connectivity index (χ3n) is 6.95. The van der Waals surface area contributed by atoms with E-state index in [-0.39, 0.29) is 29.5 Å². The number of benzene rings is 1. The number of halogens is 1. The van der Waals surface area contributed by atoms with Crippen molar-refractivity contribution in [2.75, 3.05) is 38.0 Å². The summed E-state index contributed by atoms with van der Waals surface area (Å²) in [4.78, 5) is 34.9. The van der Waals surface area contributed by atoms with Gasteiger partial charge in [0, 0.05) is 50.3 Å². The summed E-state index contributed by atoms with van der Waals surface area (Å²) in [6.45, 7) is 6.71. The maximum Gasteiger partial charge on any atom is 0.228 e. The smallest absolute Gasteiger partial charge is 0.228 e. The van der Waals surface area contributed by atoms with Gasteiger partial charge in [0.15, 0.2) is 0 Å². The molecule has 8 heteroatoms. The van der Waals surface area contributed by atoms with Crippen LogP contribution in [-0.2, 0) is 16.1 Å². The lowest BCUT2D eigenvalue weighted by atomic mass is 9.87. The van der Waals surface area contributed by atoms with E-state index in [0.717, 1.165) is 25.1 Å². The van der Waals surface area contributed by atoms with Crippen LogP contribution in [0.15, 0.2) is 48.8 Å². The zero-order chi connectivity index (χ0) is 23.9. The summed E-state index contributed by atoms with van der Waals surface area (Å²) in [5.74, 6) is -1.08. The quantitative estimate of drug-likeness (QED) is 0.624. The number of likely N-dealkylation sites (N-methyl/N-ethyl adjacent to an activating group) is 1. The highest BCUT2D eigenvalue weighted by atomic mass is 19.1. The second-order valence-electron chi connectivity index (χ2n) is 9.35. The maximum absolute atomic E-state index is 13.2. The number of hydrogen-bond acceptors (Lipinski definition) is 5. The molecule has 0 spiro atoms. The van der Waals surface area contributed by atoms with Crippen LogP contribution in [0.5, 0.6) is 0 Å². The molecule has 2 aliphatic heterocycles. The van der Waals surface area contributed by atoms with E-state index in [9.17, 15) is 14.0 Å². The molecule has 0 bridgehead atoms. The molecule has 0 aliphatic carbocycles. The van der Waals surface area contributed by atoms with Gasteiger partial charge in [0.2, 0.25) is 11.8 Å². The van der Waals surface area contributed by atoms with Crippen molar-refractivity contribution in [1.82, 2.24) is 20.1 Å². The zero-order valence-corrected chi connectivity index (χ0v) is 19.8. The van der Waals surface area contributed by atoms with Crippen molar-refractivity contribution in [3.63, 3.8) is 0 Å². The molecule has 0 radical (unpaired) electrons. The number of aromatic nitrogens is 1. The number of hydrogen-bond donors (Lipinski definition) is 2. The normalized spacial score (nSPS) is 23.5. The standard InChI is InChI=1S/C26H34FN5O2/c1-2-32-13-3-4-24(32)15-29-25(33)20-14-21(26(34)30-23-7-5-22(27)6-8-23)18-31(17-20)16-19-9-11-28-12-10-19/h5-12,20-21,24H,2-4,13-18H2,1H3,(H,29,33)(H,30,34)/t20-,21+,24+/m0/s1. The van der Waals surface area contributed by atoms with Gasteiger partial charge in [0.25, 0.3) is 0 Å². The van der Waals surface area contributed by atoms with E-state index >= 15 is 0 Å². The first kappa shape index (κ1) is 24.3. The van der Waals surface area contributed by atoms with Gasteiger partial charge in [-0.1, -0.05) is 6.92 Å². The predicted molar refractivity (Wildman–Crippen MR) is 129 cm³/mol. The lowest BCUT2D eigenvalue weighted by Crippen LogP contribution is -2.50. The second kappa shape index (κ2) is 11.5. The Morgan fingerprint density at radius 1 is 1.06 bits per heavy atom. The molecular weight excluding hydrogens is 433 g/mol. The molecular formula is C26H34FN5O2. The minimum Gasteiger partial charge on any atom is -0.354 e. The van der Waals surface area contributed by atoms with Gasteiger partial charge >= 0.3 is 0 Å². The van der Waals surface area contributed by atoms with Crippen molar-refractivity contribution in [3.8, 4) is 0 Å². The Bertz CT molecular complexity index is 955. The number of likely N-dealkylation sites (tertiary alicyclic amines) is 2. The van der Waals surface area contributed by atoms with Crippen LogP contribution in [0, 0.1) is 17.7 Å². The van der Waals surface area contributed by atoms with Crippen LogP contribution >= 0.6 is 0 Å². The number of amides is 2. The Kier molecular flexibility index (Phi) is 8.24. The van der Waals surface area contributed by atoms with Gasteiger partial charge in [-0.2, -0.15) is 0 Å². The molecule has 2 aromatic rings. The van der Waals surface area contributed by atoms with E-state index in [1.54, 1.807) is 24.5 Å². The van der Waals surface area contributed by atoms with Crippen molar-refractivity contribution in [1.29, 1.82) is 0 Å². The highest BCUT2D eigenvalue weighted by Crippen LogP contribution is 2.26. The van der Waals surface area contributed by atoms with Crippen molar-refractivity contribution in [2.45, 2.75) is 38.8 Å². The summed E-state index contributed by atoms with van der Waals surface area (Å²) in [5.41, 5.74) is 1.65. The Morgan fingerprint density at radius 2 is 1.76 bits per heavy atom. The lowest BCUT2D eigenvalue weighted by molar-refractivity contribution is -0.130. The molecule has 1 aromatic carbocycles. The molecule has 4 rings (SSSR count). The first-order chi connectivity index (χ1) is 16.5. The number of carbonyl (C=O) groups is 2. The summed E-state index contributed by atoms with van der Waals surface area (Å²) in [5, 5.41) is 6.06. The minimum atomic E-state index is -0.347. The minimum absolute atomic E-state index is 0.0157. The summed E-state index contributed by atoms with van der Waals surface area (Å²) >= 11 is 0. The van der Waals surface area contributed by atoms with Gasteiger partial charge in [-0.05, 0) is 74.3 Å². The fourth-order valence-electron chi connectivity index (χ4n) is 5.13. The Balaban J connectivity index is 1.42. The summed E-state index contributed by atoms with van der Waals surface area (Å²) in [6, 6.07) is 10.1. The molecule has 3 heterocycles. The SMILES string of the molecule is CCN1CCC[C@@H]1CNC(=O)[C@H]1C[C@@H](C(=O)Nc2ccc(F)cc2)CN(Cc2ccncc2)C1. The molecule has 1 aromatic heterocycles. The van der Waals surface area contributed by atoms with E-state index < -0.39 is 0 Å². The van der Waals surface area contributed by atoms with Crippen LogP contribution in [0.25, 0.3) is 0 Å². The molecule has 34 heavy (non-hydrogen) atoms. The molecule has 2 N–H and O–H groups in total. The molecule has 182 valence electrons. The Morgan fingerprint density at radius 3 is 2.47 bits per heavy atom. The number of rotatable bonds is 8. The van der Waals surface area contributed by atoms with Crippen LogP contribution in [0.1, 0.15) is 31.7 Å². The maximum atomic E-state index is 13.2. The van der Waals surface area contributed by atoms with Crippen LogP contribution in [0.4, 0.5) is 10.1 Å². The van der Waals surface area contributed by atoms with Crippen LogP contribution in [0.2, 0.25) is 0 Å². The molecule has 0 unspecified atom stereocenters. The van der Waals surface area contributed by atoms with E-state index in [1.165, 1.54) is 18.6 Å². The fourth-order valence-corrected chi connectivity index (χ4v) is 5.13. The molecule has 2 aliphatic rings. The van der Waals surface area contributed by atoms with Crippen molar-refractivity contribution < 1.29 is 14.0 Å². The first-order valence-corrected chi connectivity index (χ1v) is 12.2. The first-order valence-electron chi connectivity index (χ1n) is 12.2. The van der Waals surface area contributed by atoms with Crippen LogP contribution in [-0.4, -0.2) is 65.4 Å². The van der Waals surface area contributed by atoms with Gasteiger partial charge in [0.1, 0.15) is 5.82 Å². The van der Waals surface area contributed by atoms with Gasteiger partial charge in [0.05, 0.1) is 11.8 Å². The van der Waals surface area contributed by atoms with E-state index in [0.29, 0.717) is 44.3 Å². The van der Waals surface area contributed by atoms with Crippen molar-refractivity contribution >= 4 is 17.5 Å². The number of carbonyl (C=O) groups excluding carboxylic acids is 2. The number of piperidine rings is 1. The number of pyridine rings is 1. The largest absolute Gasteiger partial charge is 0.354 e. The van der Waals surface area contributed by atoms with Crippen LogP contribution < -0.4 is 10.6 Å². The highest BCUT2D eigenvalue weighted by Gasteiger charge is 2.35. The van der Waals surface area contributed by atoms with Crippen molar-refractivity contribution in [2.24, 2.45) is 11.8 Å². The monoisotopic (exact) mass is 467 g/mol. The average Bonchev–Trinajstić information content (AvgIpc) is 3.32. The fraction of sp³-hybridized carbons (Fsp3) is 0.500. The van der Waals surface area contributed by atoms with E-state index in [4.69, 9.17) is 0 Å². The van der Waals surface area contributed by atoms with Gasteiger partial charge < -0.3 is 10.6 Å². The number of anilines is 1. The molecule has 2 fully saturated rings. The summed E-state index contributed by atoms with van der Waals surface area (Å²) in [6.07, 6.45) is 6.28. The number of nitrogens with one attached hydrogen (secondary N) is 2. The van der Waals surface area contributed by atoms with Gasteiger partial charge in [-0.15, -0.1) is 0 Å². The number of nitrogens with zero attached hydrogens (tertiary/aromatic N) is 3. The van der Waals surface area contributed by atoms with Crippen LogP contribution in [0.3, 0.4) is 0 Å². The lowest BCUT2D eigenvalue weighted by Gasteiger charge is -2.37. The molecule has 2 amide bonds. The summed E-state index contributed by atoms with van der Waals surface area (Å²) in [7, 11) is 0. The third-order valence-corrected chi connectivity index (χ3v) is 6.95. The zero-order valence-electron chi connectivity index (χ0n) is 19.8. The third kappa shape index (κ3) is 6.39. The van der Waals surface area contributed by atoms with Gasteiger partial charge in [-0.3, -0.25) is 24.4 Å².